The molecular weight excluding hydrogens is 276 g/mol. The van der Waals surface area contributed by atoms with E-state index >= 15 is 0 Å². The second-order valence-electron chi connectivity index (χ2n) is 4.31. The average Bonchev–Trinajstić information content (AvgIpc) is 2.49. The summed E-state index contributed by atoms with van der Waals surface area (Å²) in [5, 5.41) is 2.40. The minimum atomic E-state index is -0.838. The van der Waals surface area contributed by atoms with Crippen LogP contribution in [0.25, 0.3) is 11.0 Å². The number of fused-ring (bicyclic) bond motifs is 1. The summed E-state index contributed by atoms with van der Waals surface area (Å²) in [6, 6.07) is 7.89. The van der Waals surface area contributed by atoms with Gasteiger partial charge >= 0.3 is 0 Å². The number of hydrogen-bond donors (Lipinski definition) is 1. The lowest BCUT2D eigenvalue weighted by molar-refractivity contribution is 0.102. The van der Waals surface area contributed by atoms with Crippen LogP contribution in [0.4, 0.5) is 14.5 Å². The minimum Gasteiger partial charge on any atom is -0.319 e. The van der Waals surface area contributed by atoms with Crippen LogP contribution in [0.1, 0.15) is 10.4 Å². The molecule has 0 radical (unpaired) electrons. The summed E-state index contributed by atoms with van der Waals surface area (Å²) >= 11 is 0. The number of halogens is 2. The summed E-state index contributed by atoms with van der Waals surface area (Å²) in [5.74, 6) is -2.08. The maximum Gasteiger partial charge on any atom is 0.258 e. The number of hydrogen-bond acceptors (Lipinski definition) is 3. The van der Waals surface area contributed by atoms with E-state index in [0.29, 0.717) is 17.1 Å². The first-order valence-electron chi connectivity index (χ1n) is 6.11. The van der Waals surface area contributed by atoms with Crippen LogP contribution in [0.2, 0.25) is 0 Å². The number of aromatic nitrogens is 2. The van der Waals surface area contributed by atoms with Crippen LogP contribution in [0.15, 0.2) is 48.8 Å². The summed E-state index contributed by atoms with van der Waals surface area (Å²) in [7, 11) is 0. The second-order valence-corrected chi connectivity index (χ2v) is 4.31. The topological polar surface area (TPSA) is 54.9 Å². The fourth-order valence-electron chi connectivity index (χ4n) is 1.96. The van der Waals surface area contributed by atoms with Crippen LogP contribution < -0.4 is 5.32 Å². The zero-order valence-electron chi connectivity index (χ0n) is 10.7. The van der Waals surface area contributed by atoms with Crippen molar-refractivity contribution in [3.05, 3.63) is 66.0 Å². The van der Waals surface area contributed by atoms with Gasteiger partial charge in [-0.2, -0.15) is 0 Å². The van der Waals surface area contributed by atoms with E-state index < -0.39 is 17.5 Å². The molecule has 21 heavy (non-hydrogen) atoms. The largest absolute Gasteiger partial charge is 0.319 e. The van der Waals surface area contributed by atoms with Crippen molar-refractivity contribution in [1.82, 2.24) is 9.97 Å². The number of amides is 1. The third-order valence-electron chi connectivity index (χ3n) is 2.92. The van der Waals surface area contributed by atoms with Crippen molar-refractivity contribution < 1.29 is 13.6 Å². The van der Waals surface area contributed by atoms with E-state index in [4.69, 9.17) is 0 Å². The van der Waals surface area contributed by atoms with Gasteiger partial charge in [0.05, 0.1) is 16.8 Å². The molecule has 1 aromatic heterocycles. The van der Waals surface area contributed by atoms with Gasteiger partial charge in [0.25, 0.3) is 5.91 Å². The third-order valence-corrected chi connectivity index (χ3v) is 2.92. The van der Waals surface area contributed by atoms with E-state index in [1.54, 1.807) is 18.2 Å². The van der Waals surface area contributed by atoms with Crippen LogP contribution in [0, 0.1) is 11.6 Å². The maximum atomic E-state index is 13.6. The molecule has 0 saturated heterocycles. The molecule has 3 rings (SSSR count). The molecule has 1 heterocycles. The molecule has 0 aliphatic rings. The van der Waals surface area contributed by atoms with Gasteiger partial charge in [-0.3, -0.25) is 14.8 Å². The molecule has 104 valence electrons. The van der Waals surface area contributed by atoms with Crippen molar-refractivity contribution in [2.24, 2.45) is 0 Å². The lowest BCUT2D eigenvalue weighted by Gasteiger charge is -2.08. The van der Waals surface area contributed by atoms with E-state index in [0.717, 1.165) is 6.07 Å². The molecule has 0 bridgehead atoms. The lowest BCUT2D eigenvalue weighted by Crippen LogP contribution is -2.14. The lowest BCUT2D eigenvalue weighted by atomic mass is 10.1. The third kappa shape index (κ3) is 2.55. The summed E-state index contributed by atoms with van der Waals surface area (Å²) in [6.45, 7) is 0. The molecule has 0 saturated carbocycles. The van der Waals surface area contributed by atoms with Gasteiger partial charge in [-0.05, 0) is 24.3 Å². The van der Waals surface area contributed by atoms with Crippen LogP contribution in [0.3, 0.4) is 0 Å². The summed E-state index contributed by atoms with van der Waals surface area (Å²) in [4.78, 5) is 20.4. The highest BCUT2D eigenvalue weighted by Gasteiger charge is 2.13. The Balaban J connectivity index is 1.97. The van der Waals surface area contributed by atoms with Gasteiger partial charge in [0, 0.05) is 18.5 Å². The molecule has 1 amide bonds. The molecule has 1 N–H and O–H groups in total. The highest BCUT2D eigenvalue weighted by molar-refractivity contribution is 6.11. The Bertz CT molecular complexity index is 831. The minimum absolute atomic E-state index is 0.0951. The zero-order valence-corrected chi connectivity index (χ0v) is 10.7. The molecule has 0 unspecified atom stereocenters. The standard InChI is InChI=1S/C15H9F2N3O/c16-9-4-5-12(11(17)8-9)20-15(21)10-2-1-3-13-14(10)19-7-6-18-13/h1-8H,(H,20,21). The van der Waals surface area contributed by atoms with E-state index in [1.165, 1.54) is 18.5 Å². The molecule has 4 nitrogen and oxygen atoms in total. The molecule has 2 aromatic carbocycles. The van der Waals surface area contributed by atoms with Crippen LogP contribution >= 0.6 is 0 Å². The van der Waals surface area contributed by atoms with Crippen molar-refractivity contribution in [2.45, 2.75) is 0 Å². The highest BCUT2D eigenvalue weighted by Crippen LogP contribution is 2.19. The number of benzene rings is 2. The van der Waals surface area contributed by atoms with Crippen molar-refractivity contribution in [3.8, 4) is 0 Å². The predicted octanol–water partition coefficient (Wildman–Crippen LogP) is 3.16. The SMILES string of the molecule is O=C(Nc1ccc(F)cc1F)c1cccc2nccnc12. The first-order chi connectivity index (χ1) is 10.1. The van der Waals surface area contributed by atoms with Gasteiger partial charge in [-0.25, -0.2) is 8.78 Å². The summed E-state index contributed by atoms with van der Waals surface area (Å²) in [5.41, 5.74) is 1.15. The number of carbonyl (C=O) groups is 1. The number of carbonyl (C=O) groups excluding carboxylic acids is 1. The zero-order chi connectivity index (χ0) is 14.8. The van der Waals surface area contributed by atoms with E-state index in [1.807, 2.05) is 0 Å². The molecule has 0 aliphatic heterocycles. The highest BCUT2D eigenvalue weighted by atomic mass is 19.1. The number of anilines is 1. The van der Waals surface area contributed by atoms with Crippen molar-refractivity contribution in [1.29, 1.82) is 0 Å². The number of para-hydroxylation sites is 1. The van der Waals surface area contributed by atoms with E-state index in [9.17, 15) is 13.6 Å². The average molecular weight is 285 g/mol. The van der Waals surface area contributed by atoms with Gasteiger partial charge in [0.1, 0.15) is 17.2 Å². The van der Waals surface area contributed by atoms with Gasteiger partial charge in [0.2, 0.25) is 0 Å². The maximum absolute atomic E-state index is 13.6. The number of rotatable bonds is 2. The van der Waals surface area contributed by atoms with Crippen molar-refractivity contribution in [2.75, 3.05) is 5.32 Å². The first-order valence-corrected chi connectivity index (χ1v) is 6.11. The Kier molecular flexibility index (Phi) is 3.27. The molecule has 0 fully saturated rings. The van der Waals surface area contributed by atoms with Crippen LogP contribution in [-0.4, -0.2) is 15.9 Å². The Hall–Kier alpha value is -2.89. The number of nitrogens with one attached hydrogen (secondary N) is 1. The first kappa shape index (κ1) is 13.1. The quantitative estimate of drug-likeness (QED) is 0.787. The molecule has 3 aromatic rings. The molecular formula is C15H9F2N3O. The predicted molar refractivity (Wildman–Crippen MR) is 73.8 cm³/mol. The van der Waals surface area contributed by atoms with Gasteiger partial charge in [-0.1, -0.05) is 6.07 Å². The summed E-state index contributed by atoms with van der Waals surface area (Å²) < 4.78 is 26.4. The van der Waals surface area contributed by atoms with Crippen LogP contribution in [0.5, 0.6) is 0 Å². The molecule has 0 spiro atoms. The summed E-state index contributed by atoms with van der Waals surface area (Å²) in [6.07, 6.45) is 2.99. The van der Waals surface area contributed by atoms with Gasteiger partial charge < -0.3 is 5.32 Å². The molecule has 0 aliphatic carbocycles. The van der Waals surface area contributed by atoms with E-state index in [-0.39, 0.29) is 11.3 Å². The van der Waals surface area contributed by atoms with Gasteiger partial charge in [0.15, 0.2) is 0 Å². The molecule has 6 heteroatoms. The molecule has 0 atom stereocenters. The fourth-order valence-corrected chi connectivity index (χ4v) is 1.96. The van der Waals surface area contributed by atoms with Gasteiger partial charge in [-0.15, -0.1) is 0 Å². The van der Waals surface area contributed by atoms with Crippen molar-refractivity contribution >= 4 is 22.6 Å². The monoisotopic (exact) mass is 285 g/mol. The Morgan fingerprint density at radius 3 is 2.67 bits per heavy atom. The Labute approximate surface area is 118 Å². The fraction of sp³-hybridized carbons (Fsp3) is 0. The number of nitrogens with zero attached hydrogens (tertiary/aromatic N) is 2. The normalized spacial score (nSPS) is 10.6. The van der Waals surface area contributed by atoms with Crippen LogP contribution in [-0.2, 0) is 0 Å². The van der Waals surface area contributed by atoms with E-state index in [2.05, 4.69) is 15.3 Å². The Morgan fingerprint density at radius 1 is 1.05 bits per heavy atom. The Morgan fingerprint density at radius 2 is 1.86 bits per heavy atom. The van der Waals surface area contributed by atoms with Crippen molar-refractivity contribution in [3.63, 3.8) is 0 Å². The smallest absolute Gasteiger partial charge is 0.258 e. The second kappa shape index (κ2) is 5.24.